The molecule has 2 rings (SSSR count). The maximum absolute atomic E-state index is 13.2. The summed E-state index contributed by atoms with van der Waals surface area (Å²) >= 11 is 0. The minimum absolute atomic E-state index is 0.0171. The van der Waals surface area contributed by atoms with Crippen LogP contribution < -0.4 is 5.32 Å². The number of nitrogens with one attached hydrogen (secondary N) is 1. The van der Waals surface area contributed by atoms with Gasteiger partial charge in [-0.25, -0.2) is 4.79 Å². The van der Waals surface area contributed by atoms with E-state index in [1.54, 1.807) is 6.07 Å². The number of alkyl halides is 3. The van der Waals surface area contributed by atoms with Crippen LogP contribution in [0.1, 0.15) is 24.3 Å². The average Bonchev–Trinajstić information content (AvgIpc) is 2.54. The Kier molecular flexibility index (Phi) is 5.69. The Morgan fingerprint density at radius 1 is 1.29 bits per heavy atom. The molecule has 24 heavy (non-hydrogen) atoms. The van der Waals surface area contributed by atoms with E-state index in [1.165, 1.54) is 29.2 Å². The van der Waals surface area contributed by atoms with E-state index in [0.717, 1.165) is 0 Å². The van der Waals surface area contributed by atoms with Gasteiger partial charge < -0.3 is 15.3 Å². The number of rotatable bonds is 4. The molecular formula is C16H19F3N2O3. The molecule has 1 aliphatic rings. The normalized spacial score (nSPS) is 19.6. The number of carboxylic acid groups (broad SMARTS) is 1. The molecule has 5 nitrogen and oxygen atoms in total. The number of piperidine rings is 1. The summed E-state index contributed by atoms with van der Waals surface area (Å²) in [5, 5.41) is 11.3. The van der Waals surface area contributed by atoms with Crippen LogP contribution in [0, 0.1) is 5.92 Å². The number of halogens is 3. The molecule has 0 spiro atoms. The fraction of sp³-hybridized carbons (Fsp3) is 0.500. The molecule has 8 heteroatoms. The molecule has 0 bridgehead atoms. The molecule has 132 valence electrons. The minimum Gasteiger partial charge on any atom is -0.481 e. The van der Waals surface area contributed by atoms with Crippen LogP contribution in [0.4, 0.5) is 18.0 Å². The largest absolute Gasteiger partial charge is 0.481 e. The van der Waals surface area contributed by atoms with Crippen molar-refractivity contribution in [3.05, 3.63) is 35.9 Å². The summed E-state index contributed by atoms with van der Waals surface area (Å²) in [6, 6.07) is 6.72. The Morgan fingerprint density at radius 2 is 1.96 bits per heavy atom. The highest BCUT2D eigenvalue weighted by Gasteiger charge is 2.41. The molecule has 1 fully saturated rings. The first kappa shape index (κ1) is 18.1. The van der Waals surface area contributed by atoms with E-state index in [1.807, 2.05) is 0 Å². The number of carbonyl (C=O) groups is 2. The monoisotopic (exact) mass is 344 g/mol. The summed E-state index contributed by atoms with van der Waals surface area (Å²) in [6.07, 6.45) is -3.50. The fourth-order valence-electron chi connectivity index (χ4n) is 2.77. The summed E-state index contributed by atoms with van der Waals surface area (Å²) in [6.45, 7) is -0.221. The van der Waals surface area contributed by atoms with Gasteiger partial charge in [0.25, 0.3) is 0 Å². The van der Waals surface area contributed by atoms with Gasteiger partial charge in [0.05, 0.1) is 11.8 Å². The lowest BCUT2D eigenvalue weighted by Crippen LogP contribution is -2.48. The highest BCUT2D eigenvalue weighted by atomic mass is 19.4. The van der Waals surface area contributed by atoms with Crippen molar-refractivity contribution in [2.75, 3.05) is 19.6 Å². The molecule has 1 saturated heterocycles. The van der Waals surface area contributed by atoms with Crippen LogP contribution >= 0.6 is 0 Å². The predicted molar refractivity (Wildman–Crippen MR) is 80.6 cm³/mol. The second-order valence-corrected chi connectivity index (χ2v) is 5.81. The standard InChI is InChI=1S/C16H19F3N2O3/c17-16(18,19)13(11-5-2-1-3-6-11)9-20-15(24)21-8-4-7-12(10-21)14(22)23/h1-3,5-6,12-13H,4,7-10H2,(H,20,24)(H,22,23). The zero-order chi connectivity index (χ0) is 17.7. The second kappa shape index (κ2) is 7.55. The van der Waals surface area contributed by atoms with E-state index in [2.05, 4.69) is 5.32 Å². The molecule has 2 amide bonds. The van der Waals surface area contributed by atoms with Crippen LogP contribution in [0.2, 0.25) is 0 Å². The second-order valence-electron chi connectivity index (χ2n) is 5.81. The van der Waals surface area contributed by atoms with E-state index in [9.17, 15) is 22.8 Å². The van der Waals surface area contributed by atoms with Gasteiger partial charge in [-0.05, 0) is 18.4 Å². The smallest absolute Gasteiger partial charge is 0.397 e. The average molecular weight is 344 g/mol. The number of hydrogen-bond acceptors (Lipinski definition) is 2. The van der Waals surface area contributed by atoms with Crippen molar-refractivity contribution in [2.24, 2.45) is 5.92 Å². The number of urea groups is 1. The van der Waals surface area contributed by atoms with Crippen molar-refractivity contribution in [2.45, 2.75) is 24.9 Å². The summed E-state index contributed by atoms with van der Waals surface area (Å²) in [4.78, 5) is 24.3. The first-order valence-corrected chi connectivity index (χ1v) is 7.66. The van der Waals surface area contributed by atoms with Gasteiger partial charge in [0.15, 0.2) is 0 Å². The van der Waals surface area contributed by atoms with Crippen molar-refractivity contribution in [1.29, 1.82) is 0 Å². The summed E-state index contributed by atoms with van der Waals surface area (Å²) in [5.41, 5.74) is 0.0763. The lowest BCUT2D eigenvalue weighted by Gasteiger charge is -2.31. The Labute approximate surface area is 137 Å². The quantitative estimate of drug-likeness (QED) is 0.882. The third-order valence-corrected chi connectivity index (χ3v) is 4.11. The van der Waals surface area contributed by atoms with Crippen molar-refractivity contribution < 1.29 is 27.9 Å². The minimum atomic E-state index is -4.49. The maximum Gasteiger partial charge on any atom is 0.397 e. The molecule has 2 unspecified atom stereocenters. The Balaban J connectivity index is 1.99. The SMILES string of the molecule is O=C(O)C1CCCN(C(=O)NCC(c2ccccc2)C(F)(F)F)C1. The third-order valence-electron chi connectivity index (χ3n) is 4.11. The number of carbonyl (C=O) groups excluding carboxylic acids is 1. The predicted octanol–water partition coefficient (Wildman–Crippen LogP) is 2.84. The molecule has 2 N–H and O–H groups in total. The van der Waals surface area contributed by atoms with Crippen molar-refractivity contribution >= 4 is 12.0 Å². The van der Waals surface area contributed by atoms with Crippen LogP contribution in [0.25, 0.3) is 0 Å². The number of hydrogen-bond donors (Lipinski definition) is 2. The van der Waals surface area contributed by atoms with E-state index in [4.69, 9.17) is 5.11 Å². The molecule has 0 aromatic heterocycles. The lowest BCUT2D eigenvalue weighted by atomic mass is 9.98. The van der Waals surface area contributed by atoms with Crippen LogP contribution in [-0.4, -0.2) is 47.8 Å². The molecule has 2 atom stereocenters. The number of carboxylic acids is 1. The number of nitrogens with zero attached hydrogens (tertiary/aromatic N) is 1. The molecule has 0 saturated carbocycles. The Hall–Kier alpha value is -2.25. The summed E-state index contributed by atoms with van der Waals surface area (Å²) < 4.78 is 39.7. The van der Waals surface area contributed by atoms with Crippen LogP contribution in [0.5, 0.6) is 0 Å². The number of amides is 2. The van der Waals surface area contributed by atoms with Gasteiger partial charge >= 0.3 is 18.2 Å². The van der Waals surface area contributed by atoms with Crippen LogP contribution in [0.3, 0.4) is 0 Å². The molecule has 1 aliphatic heterocycles. The number of aliphatic carboxylic acids is 1. The Morgan fingerprint density at radius 3 is 2.54 bits per heavy atom. The topological polar surface area (TPSA) is 69.6 Å². The van der Waals surface area contributed by atoms with Crippen LogP contribution in [0.15, 0.2) is 30.3 Å². The van der Waals surface area contributed by atoms with Gasteiger partial charge in [-0.3, -0.25) is 4.79 Å². The maximum atomic E-state index is 13.2. The van der Waals surface area contributed by atoms with Gasteiger partial charge in [-0.1, -0.05) is 30.3 Å². The third kappa shape index (κ3) is 4.62. The van der Waals surface area contributed by atoms with Gasteiger partial charge in [0.1, 0.15) is 0 Å². The van der Waals surface area contributed by atoms with Gasteiger partial charge in [0.2, 0.25) is 0 Å². The Bertz CT molecular complexity index is 578. The highest BCUT2D eigenvalue weighted by Crippen LogP contribution is 2.34. The molecular weight excluding hydrogens is 325 g/mol. The van der Waals surface area contributed by atoms with Crippen LogP contribution in [-0.2, 0) is 4.79 Å². The number of likely N-dealkylation sites (tertiary alicyclic amines) is 1. The molecule has 0 aliphatic carbocycles. The van der Waals surface area contributed by atoms with E-state index in [0.29, 0.717) is 19.4 Å². The van der Waals surface area contributed by atoms with Gasteiger partial charge in [-0.2, -0.15) is 13.2 Å². The fourth-order valence-corrected chi connectivity index (χ4v) is 2.77. The first-order chi connectivity index (χ1) is 11.3. The van der Waals surface area contributed by atoms with Gasteiger partial charge in [-0.15, -0.1) is 0 Å². The molecule has 0 radical (unpaired) electrons. The number of benzene rings is 1. The van der Waals surface area contributed by atoms with Crippen molar-refractivity contribution in [1.82, 2.24) is 10.2 Å². The summed E-state index contributed by atoms with van der Waals surface area (Å²) in [7, 11) is 0. The van der Waals surface area contributed by atoms with E-state index in [-0.39, 0.29) is 12.1 Å². The highest BCUT2D eigenvalue weighted by molar-refractivity contribution is 5.76. The summed E-state index contributed by atoms with van der Waals surface area (Å²) in [5.74, 6) is -3.47. The van der Waals surface area contributed by atoms with Crippen molar-refractivity contribution in [3.8, 4) is 0 Å². The van der Waals surface area contributed by atoms with Crippen molar-refractivity contribution in [3.63, 3.8) is 0 Å². The van der Waals surface area contributed by atoms with E-state index < -0.39 is 36.6 Å². The van der Waals surface area contributed by atoms with E-state index >= 15 is 0 Å². The first-order valence-electron chi connectivity index (χ1n) is 7.66. The zero-order valence-electron chi connectivity index (χ0n) is 12.9. The van der Waals surface area contributed by atoms with Gasteiger partial charge in [0, 0.05) is 19.6 Å². The molecule has 1 aromatic rings. The zero-order valence-corrected chi connectivity index (χ0v) is 12.9. The lowest BCUT2D eigenvalue weighted by molar-refractivity contribution is -0.149. The molecule has 1 aromatic carbocycles. The molecule has 1 heterocycles.